The fourth-order valence-electron chi connectivity index (χ4n) is 2.31. The Morgan fingerprint density at radius 3 is 1.77 bits per heavy atom. The second-order valence-corrected chi connectivity index (χ2v) is 5.19. The summed E-state index contributed by atoms with van der Waals surface area (Å²) in [6, 6.07) is 9.63. The summed E-state index contributed by atoms with van der Waals surface area (Å²) in [5, 5.41) is 0. The third kappa shape index (κ3) is 7.71. The standard InChI is InChI=1S/C13H12N2.C5H5.BF4.Fe/c1-14-10-15(11-6-2-3-7-11)13-9-5-4-8-12(13)14;1-2-4-5-3-1;2-1(3,4)5;/h2-10H,1H3;1-5H;;/q+1;;-1;+2. The molecule has 4 rings (SSSR count). The number of benzene rings is 1. The van der Waals surface area contributed by atoms with Gasteiger partial charge in [-0.1, -0.05) is 12.1 Å². The molecular formula is C18H17BF4FeN2+2. The molecule has 0 N–H and O–H groups in total. The van der Waals surface area contributed by atoms with E-state index in [1.807, 2.05) is 32.1 Å². The predicted molar refractivity (Wildman–Crippen MR) is 90.6 cm³/mol. The van der Waals surface area contributed by atoms with Crippen molar-refractivity contribution in [3.8, 4) is 0 Å². The van der Waals surface area contributed by atoms with E-state index in [0.29, 0.717) is 0 Å². The zero-order valence-corrected chi connectivity index (χ0v) is 15.0. The predicted octanol–water partition coefficient (Wildman–Crippen LogP) is 4.00. The van der Waals surface area contributed by atoms with Gasteiger partial charge in [-0.2, -0.15) is 0 Å². The van der Waals surface area contributed by atoms with E-state index in [9.17, 15) is 17.3 Å². The van der Waals surface area contributed by atoms with Gasteiger partial charge in [0.1, 0.15) is 0 Å². The first-order valence-corrected chi connectivity index (χ1v) is 7.58. The Hall–Kier alpha value is -1.01. The van der Waals surface area contributed by atoms with E-state index in [0.717, 1.165) is 0 Å². The molecule has 8 heteroatoms. The Labute approximate surface area is 163 Å². The summed E-state index contributed by atoms with van der Waals surface area (Å²) in [5.74, 6) is 0. The molecule has 2 saturated carbocycles. The van der Waals surface area contributed by atoms with Gasteiger partial charge in [0, 0.05) is 12.8 Å². The molecular weight excluding hydrogens is 387 g/mol. The quantitative estimate of drug-likeness (QED) is 0.386. The number of hydrogen-bond acceptors (Lipinski definition) is 0. The first-order chi connectivity index (χ1) is 11.9. The largest absolute Gasteiger partial charge is 2.00 e. The number of halogens is 4. The Balaban J connectivity index is 0.000000257. The monoisotopic (exact) mass is 404 g/mol. The van der Waals surface area contributed by atoms with E-state index in [1.165, 1.54) is 17.1 Å². The van der Waals surface area contributed by atoms with Crippen LogP contribution in [0.1, 0.15) is 0 Å². The normalized spacial score (nSPS) is 17.1. The number of aryl methyl sites for hydroxylation is 1. The number of nitrogens with zero attached hydrogens (tertiary/aromatic N) is 2. The van der Waals surface area contributed by atoms with Crippen LogP contribution in [0.2, 0.25) is 0 Å². The van der Waals surface area contributed by atoms with Gasteiger partial charge in [-0.3, -0.25) is 0 Å². The van der Waals surface area contributed by atoms with Gasteiger partial charge in [0.25, 0.3) is 0 Å². The average molecular weight is 404 g/mol. The summed E-state index contributed by atoms with van der Waals surface area (Å²) in [5.41, 5.74) is 2.49. The Bertz CT molecular complexity index is 637. The van der Waals surface area contributed by atoms with Crippen LogP contribution in [0.15, 0.2) is 30.6 Å². The summed E-state index contributed by atoms with van der Waals surface area (Å²) in [6.45, 7) is 0. The average Bonchev–Trinajstić information content (AvgIpc) is 3.30. The van der Waals surface area contributed by atoms with Gasteiger partial charge in [-0.15, -0.1) is 0 Å². The van der Waals surface area contributed by atoms with Crippen molar-refractivity contribution < 1.29 is 38.9 Å². The van der Waals surface area contributed by atoms with Crippen LogP contribution in [-0.2, 0) is 24.1 Å². The Kier molecular flexibility index (Phi) is 9.73. The number of imidazole rings is 1. The molecule has 26 heavy (non-hydrogen) atoms. The van der Waals surface area contributed by atoms with Crippen LogP contribution in [0.4, 0.5) is 17.3 Å². The topological polar surface area (TPSA) is 8.81 Å². The summed E-state index contributed by atoms with van der Waals surface area (Å²) < 4.78 is 43.3. The molecule has 10 radical (unpaired) electrons. The van der Waals surface area contributed by atoms with Gasteiger partial charge in [-0.05, 0) is 57.1 Å². The number of fused-ring (bicyclic) bond motifs is 1. The number of hydrogen-bond donors (Lipinski definition) is 0. The van der Waals surface area contributed by atoms with Crippen LogP contribution >= 0.6 is 0 Å². The number of rotatable bonds is 1. The molecule has 0 atom stereocenters. The fraction of sp³-hybridized carbons (Fsp3) is 0.0556. The van der Waals surface area contributed by atoms with E-state index in [4.69, 9.17) is 0 Å². The van der Waals surface area contributed by atoms with Crippen LogP contribution in [0, 0.1) is 63.8 Å². The van der Waals surface area contributed by atoms with Crippen LogP contribution in [-0.4, -0.2) is 11.8 Å². The minimum absolute atomic E-state index is 0. The van der Waals surface area contributed by atoms with E-state index in [-0.39, 0.29) is 17.1 Å². The fourth-order valence-corrected chi connectivity index (χ4v) is 2.31. The van der Waals surface area contributed by atoms with Gasteiger partial charge >= 0.3 is 24.3 Å². The van der Waals surface area contributed by atoms with Gasteiger partial charge in [0.05, 0.1) is 7.05 Å². The first kappa shape index (κ1) is 23.0. The van der Waals surface area contributed by atoms with Crippen molar-refractivity contribution in [2.75, 3.05) is 0 Å². The Morgan fingerprint density at radius 1 is 0.808 bits per heavy atom. The van der Waals surface area contributed by atoms with Crippen molar-refractivity contribution in [2.24, 2.45) is 7.05 Å². The first-order valence-electron chi connectivity index (χ1n) is 7.58. The molecule has 0 saturated heterocycles. The van der Waals surface area contributed by atoms with E-state index < -0.39 is 7.25 Å². The molecule has 1 aromatic heterocycles. The third-order valence-corrected chi connectivity index (χ3v) is 3.29. The van der Waals surface area contributed by atoms with E-state index in [1.54, 1.807) is 0 Å². The van der Waals surface area contributed by atoms with Crippen molar-refractivity contribution in [1.82, 2.24) is 4.57 Å². The maximum Gasteiger partial charge on any atom is 2.00 e. The number of aromatic nitrogens is 2. The molecule has 1 heterocycles. The molecule has 136 valence electrons. The van der Waals surface area contributed by atoms with Crippen molar-refractivity contribution in [1.29, 1.82) is 0 Å². The van der Waals surface area contributed by atoms with E-state index >= 15 is 0 Å². The van der Waals surface area contributed by atoms with Gasteiger partial charge in [0.15, 0.2) is 17.1 Å². The molecule has 1 aromatic carbocycles. The molecule has 2 aromatic rings. The maximum atomic E-state index is 9.75. The molecule has 0 amide bonds. The Morgan fingerprint density at radius 2 is 1.27 bits per heavy atom. The second kappa shape index (κ2) is 11.0. The van der Waals surface area contributed by atoms with Gasteiger partial charge in [-0.25, -0.2) is 9.13 Å². The van der Waals surface area contributed by atoms with Crippen molar-refractivity contribution >= 4 is 18.3 Å². The minimum Gasteiger partial charge on any atom is -0.418 e. The van der Waals surface area contributed by atoms with Gasteiger partial charge in [0.2, 0.25) is 6.33 Å². The van der Waals surface area contributed by atoms with Gasteiger partial charge < -0.3 is 17.3 Å². The van der Waals surface area contributed by atoms with Crippen molar-refractivity contribution in [2.45, 2.75) is 0 Å². The second-order valence-electron chi connectivity index (χ2n) is 5.19. The number of para-hydroxylation sites is 2. The van der Waals surface area contributed by atoms with Crippen LogP contribution in [0.3, 0.4) is 0 Å². The summed E-state index contributed by atoms with van der Waals surface area (Å²) in [7, 11) is -3.93. The van der Waals surface area contributed by atoms with Crippen LogP contribution in [0.25, 0.3) is 11.0 Å². The zero-order chi connectivity index (χ0) is 18.3. The molecule has 2 nitrogen and oxygen atoms in total. The smallest absolute Gasteiger partial charge is 0.418 e. The SMILES string of the molecule is C[n+]1cn([C]2[CH][CH][CH][CH]2)c2ccccc21.F[B-](F)(F)F.[CH]1[CH][CH][CH][CH]1.[Fe+2]. The van der Waals surface area contributed by atoms with E-state index in [2.05, 4.69) is 72.5 Å². The summed E-state index contributed by atoms with van der Waals surface area (Å²) in [4.78, 5) is 0. The zero-order valence-electron chi connectivity index (χ0n) is 13.9. The molecule has 0 aliphatic heterocycles. The van der Waals surface area contributed by atoms with Crippen LogP contribution in [0.5, 0.6) is 0 Å². The minimum atomic E-state index is -6.00. The van der Waals surface area contributed by atoms with Crippen molar-refractivity contribution in [3.63, 3.8) is 0 Å². The molecule has 0 unspecified atom stereocenters. The molecule has 0 bridgehead atoms. The molecule has 2 aliphatic carbocycles. The maximum absolute atomic E-state index is 9.75. The van der Waals surface area contributed by atoms with Crippen molar-refractivity contribution in [3.05, 3.63) is 94.4 Å². The third-order valence-electron chi connectivity index (χ3n) is 3.29. The summed E-state index contributed by atoms with van der Waals surface area (Å²) >= 11 is 0. The van der Waals surface area contributed by atoms with Crippen LogP contribution < -0.4 is 4.57 Å². The molecule has 2 fully saturated rings. The summed E-state index contributed by atoms with van der Waals surface area (Å²) in [6.07, 6.45) is 20.5. The molecule has 2 aliphatic rings. The molecule has 0 spiro atoms.